The topological polar surface area (TPSA) is 60.2 Å². The highest BCUT2D eigenvalue weighted by Crippen LogP contribution is 2.41. The lowest BCUT2D eigenvalue weighted by Gasteiger charge is -2.41. The molecule has 0 aliphatic heterocycles. The molecule has 112 valence electrons. The fourth-order valence-corrected chi connectivity index (χ4v) is 6.39. The van der Waals surface area contributed by atoms with Gasteiger partial charge in [-0.25, -0.2) is 8.42 Å². The van der Waals surface area contributed by atoms with Gasteiger partial charge in [0.1, 0.15) is 0 Å². The molecule has 0 saturated heterocycles. The van der Waals surface area contributed by atoms with Crippen LogP contribution >= 0.6 is 0 Å². The summed E-state index contributed by atoms with van der Waals surface area (Å²) in [6.45, 7) is 6.65. The van der Waals surface area contributed by atoms with Crippen LogP contribution in [0.25, 0.3) is 0 Å². The van der Waals surface area contributed by atoms with Crippen LogP contribution in [0.4, 0.5) is 0 Å². The minimum Gasteiger partial charge on any atom is -0.327 e. The third-order valence-corrected chi connectivity index (χ3v) is 8.04. The highest BCUT2D eigenvalue weighted by Gasteiger charge is 2.44. The Morgan fingerprint density at radius 3 is 2.11 bits per heavy atom. The van der Waals surface area contributed by atoms with Crippen molar-refractivity contribution < 1.29 is 8.42 Å². The Morgan fingerprint density at radius 2 is 1.58 bits per heavy atom. The maximum absolute atomic E-state index is 12.8. The molecule has 19 heavy (non-hydrogen) atoms. The van der Waals surface area contributed by atoms with Gasteiger partial charge >= 0.3 is 0 Å². The van der Waals surface area contributed by atoms with Crippen LogP contribution in [0.15, 0.2) is 0 Å². The Kier molecular flexibility index (Phi) is 4.32. The third kappa shape index (κ3) is 3.15. The van der Waals surface area contributed by atoms with Crippen LogP contribution in [0.3, 0.4) is 0 Å². The van der Waals surface area contributed by atoms with Gasteiger partial charge in [0.15, 0.2) is 9.84 Å². The van der Waals surface area contributed by atoms with E-state index >= 15 is 0 Å². The first-order valence-electron chi connectivity index (χ1n) is 7.71. The van der Waals surface area contributed by atoms with E-state index in [4.69, 9.17) is 5.73 Å². The van der Waals surface area contributed by atoms with E-state index in [1.165, 1.54) is 0 Å². The number of rotatable bonds is 2. The molecule has 0 aromatic rings. The number of nitrogens with two attached hydrogens (primary N) is 1. The average Bonchev–Trinajstić information content (AvgIpc) is 2.81. The molecule has 3 atom stereocenters. The van der Waals surface area contributed by atoms with Gasteiger partial charge in [-0.3, -0.25) is 0 Å². The summed E-state index contributed by atoms with van der Waals surface area (Å²) < 4.78 is 25.6. The van der Waals surface area contributed by atoms with Crippen LogP contribution in [-0.2, 0) is 9.84 Å². The molecule has 2 rings (SSSR count). The van der Waals surface area contributed by atoms with Crippen LogP contribution in [0.1, 0.15) is 65.7 Å². The molecule has 4 heteroatoms. The van der Waals surface area contributed by atoms with Gasteiger partial charge in [-0.2, -0.15) is 0 Å². The van der Waals surface area contributed by atoms with E-state index in [9.17, 15) is 8.42 Å². The predicted octanol–water partition coefficient (Wildman–Crippen LogP) is 2.89. The smallest absolute Gasteiger partial charge is 0.157 e. The maximum Gasteiger partial charge on any atom is 0.157 e. The molecule has 2 aliphatic carbocycles. The lowest BCUT2D eigenvalue weighted by Crippen LogP contribution is -2.49. The summed E-state index contributed by atoms with van der Waals surface area (Å²) in [7, 11) is -3.03. The van der Waals surface area contributed by atoms with Crippen LogP contribution in [0.5, 0.6) is 0 Å². The van der Waals surface area contributed by atoms with Crippen molar-refractivity contribution in [1.82, 2.24) is 0 Å². The summed E-state index contributed by atoms with van der Waals surface area (Å²) in [5, 5.41) is -0.407. The van der Waals surface area contributed by atoms with Crippen LogP contribution in [0.2, 0.25) is 0 Å². The first-order chi connectivity index (χ1) is 8.73. The molecule has 2 aliphatic rings. The zero-order valence-corrected chi connectivity index (χ0v) is 13.4. The quantitative estimate of drug-likeness (QED) is 0.849. The van der Waals surface area contributed by atoms with Gasteiger partial charge in [0.2, 0.25) is 0 Å². The molecule has 0 aromatic heterocycles. The number of hydrogen-bond donors (Lipinski definition) is 1. The zero-order valence-electron chi connectivity index (χ0n) is 12.6. The SMILES string of the molecule is CC(C)(C)C1CCC(N)C(S(=O)(=O)C2CCCC2)C1. The van der Waals surface area contributed by atoms with Gasteiger partial charge in [0.25, 0.3) is 0 Å². The lowest BCUT2D eigenvalue weighted by molar-refractivity contribution is 0.171. The van der Waals surface area contributed by atoms with Crippen molar-refractivity contribution in [3.8, 4) is 0 Å². The number of hydrogen-bond acceptors (Lipinski definition) is 3. The minimum absolute atomic E-state index is 0.109. The monoisotopic (exact) mass is 287 g/mol. The molecule has 0 radical (unpaired) electrons. The van der Waals surface area contributed by atoms with Crippen molar-refractivity contribution >= 4 is 9.84 Å². The highest BCUT2D eigenvalue weighted by atomic mass is 32.2. The van der Waals surface area contributed by atoms with Crippen molar-refractivity contribution in [3.63, 3.8) is 0 Å². The minimum atomic E-state index is -3.03. The van der Waals surface area contributed by atoms with E-state index in [1.807, 2.05) is 0 Å². The second-order valence-corrected chi connectivity index (χ2v) is 10.0. The maximum atomic E-state index is 12.8. The molecule has 0 aromatic carbocycles. The average molecular weight is 287 g/mol. The highest BCUT2D eigenvalue weighted by molar-refractivity contribution is 7.92. The van der Waals surface area contributed by atoms with E-state index < -0.39 is 9.84 Å². The van der Waals surface area contributed by atoms with Crippen molar-refractivity contribution in [3.05, 3.63) is 0 Å². The summed E-state index contributed by atoms with van der Waals surface area (Å²) >= 11 is 0. The molecule has 3 unspecified atom stereocenters. The van der Waals surface area contributed by atoms with Gasteiger partial charge in [-0.15, -0.1) is 0 Å². The first-order valence-corrected chi connectivity index (χ1v) is 9.32. The summed E-state index contributed by atoms with van der Waals surface area (Å²) in [6, 6.07) is -0.149. The van der Waals surface area contributed by atoms with E-state index in [0.29, 0.717) is 5.92 Å². The first kappa shape index (κ1) is 15.3. The Morgan fingerprint density at radius 1 is 1.00 bits per heavy atom. The largest absolute Gasteiger partial charge is 0.327 e. The fraction of sp³-hybridized carbons (Fsp3) is 1.00. The Labute approximate surface area is 118 Å². The lowest BCUT2D eigenvalue weighted by atomic mass is 9.71. The zero-order chi connectivity index (χ0) is 14.3. The van der Waals surface area contributed by atoms with Gasteiger partial charge in [0.05, 0.1) is 10.5 Å². The standard InChI is InChI=1S/C15H29NO2S/c1-15(2,3)11-8-9-13(16)14(10-11)19(17,18)12-6-4-5-7-12/h11-14H,4-10,16H2,1-3H3. The molecule has 0 heterocycles. The van der Waals surface area contributed by atoms with Crippen LogP contribution < -0.4 is 5.73 Å². The summed E-state index contributed by atoms with van der Waals surface area (Å²) in [5.74, 6) is 0.480. The molecule has 0 bridgehead atoms. The van der Waals surface area contributed by atoms with E-state index in [1.54, 1.807) is 0 Å². The van der Waals surface area contributed by atoms with Gasteiger partial charge < -0.3 is 5.73 Å². The van der Waals surface area contributed by atoms with E-state index in [-0.39, 0.29) is 22.0 Å². The van der Waals surface area contributed by atoms with Crippen molar-refractivity contribution in [2.45, 2.75) is 82.3 Å². The van der Waals surface area contributed by atoms with Gasteiger partial charge in [-0.1, -0.05) is 33.6 Å². The Bertz CT molecular complexity index is 404. The summed E-state index contributed by atoms with van der Waals surface area (Å²) in [6.07, 6.45) is 6.53. The van der Waals surface area contributed by atoms with Crippen molar-refractivity contribution in [2.75, 3.05) is 0 Å². The molecular weight excluding hydrogens is 258 g/mol. The van der Waals surface area contributed by atoms with Crippen LogP contribution in [-0.4, -0.2) is 25.0 Å². The molecule has 2 fully saturated rings. The van der Waals surface area contributed by atoms with E-state index in [2.05, 4.69) is 20.8 Å². The Hall–Kier alpha value is -0.0900. The van der Waals surface area contributed by atoms with E-state index in [0.717, 1.165) is 44.9 Å². The summed E-state index contributed by atoms with van der Waals surface area (Å²) in [5.41, 5.74) is 6.34. The second kappa shape index (κ2) is 5.36. The molecule has 0 spiro atoms. The Balaban J connectivity index is 2.17. The normalized spacial score (nSPS) is 34.6. The molecule has 0 amide bonds. The van der Waals surface area contributed by atoms with Crippen molar-refractivity contribution in [1.29, 1.82) is 0 Å². The van der Waals surface area contributed by atoms with Crippen LogP contribution in [0, 0.1) is 11.3 Å². The molecule has 3 nitrogen and oxygen atoms in total. The van der Waals surface area contributed by atoms with Crippen molar-refractivity contribution in [2.24, 2.45) is 17.1 Å². The second-order valence-electron chi connectivity index (χ2n) is 7.57. The molecular formula is C15H29NO2S. The molecule has 2 N–H and O–H groups in total. The van der Waals surface area contributed by atoms with Gasteiger partial charge in [0, 0.05) is 6.04 Å². The third-order valence-electron chi connectivity index (χ3n) is 5.26. The number of sulfone groups is 1. The molecule has 2 saturated carbocycles. The predicted molar refractivity (Wildman–Crippen MR) is 79.7 cm³/mol. The summed E-state index contributed by atoms with van der Waals surface area (Å²) in [4.78, 5) is 0. The van der Waals surface area contributed by atoms with Gasteiger partial charge in [-0.05, 0) is 43.4 Å². The fourth-order valence-electron chi connectivity index (χ4n) is 3.78.